The Balaban J connectivity index is 1.31. The molecule has 3 aromatic carbocycles. The van der Waals surface area contributed by atoms with Crippen LogP contribution in [0.1, 0.15) is 11.1 Å². The van der Waals surface area contributed by atoms with Crippen molar-refractivity contribution in [2.45, 2.75) is 19.1 Å². The van der Waals surface area contributed by atoms with E-state index < -0.39 is 0 Å². The number of rotatable bonds is 7. The fourth-order valence-corrected chi connectivity index (χ4v) is 4.50. The van der Waals surface area contributed by atoms with Crippen LogP contribution < -0.4 is 4.74 Å². The summed E-state index contributed by atoms with van der Waals surface area (Å²) in [6.07, 6.45) is 1.97. The molecule has 0 saturated carbocycles. The van der Waals surface area contributed by atoms with Gasteiger partial charge in [-0.1, -0.05) is 66.7 Å². The van der Waals surface area contributed by atoms with Gasteiger partial charge in [-0.15, -0.1) is 0 Å². The lowest BCUT2D eigenvalue weighted by molar-refractivity contribution is 0.0379. The summed E-state index contributed by atoms with van der Waals surface area (Å²) in [6, 6.07) is 30.2. The Morgan fingerprint density at radius 1 is 0.774 bits per heavy atom. The summed E-state index contributed by atoms with van der Waals surface area (Å²) in [5.41, 5.74) is 3.85. The first kappa shape index (κ1) is 19.9. The van der Waals surface area contributed by atoms with Crippen molar-refractivity contribution in [3.63, 3.8) is 0 Å². The van der Waals surface area contributed by atoms with Gasteiger partial charge in [-0.3, -0.25) is 9.80 Å². The molecule has 1 atom stereocenters. The number of piperazine rings is 1. The second-order valence-electron chi connectivity index (χ2n) is 8.34. The first-order chi connectivity index (χ1) is 15.3. The van der Waals surface area contributed by atoms with Crippen LogP contribution in [0.3, 0.4) is 0 Å². The first-order valence-electron chi connectivity index (χ1n) is 11.1. The zero-order valence-corrected chi connectivity index (χ0v) is 17.8. The molecule has 1 fully saturated rings. The van der Waals surface area contributed by atoms with Gasteiger partial charge in [-0.2, -0.15) is 0 Å². The fourth-order valence-electron chi connectivity index (χ4n) is 4.50. The average Bonchev–Trinajstić information content (AvgIpc) is 3.30. The smallest absolute Gasteiger partial charge is 0.128 e. The van der Waals surface area contributed by atoms with Gasteiger partial charge in [-0.25, -0.2) is 0 Å². The minimum atomic E-state index is 0.340. The Labute approximate surface area is 184 Å². The first-order valence-corrected chi connectivity index (χ1v) is 11.1. The molecule has 1 aliphatic heterocycles. The molecule has 1 unspecified atom stereocenters. The number of hydrogen-bond donors (Lipinski definition) is 1. The molecule has 4 nitrogen and oxygen atoms in total. The van der Waals surface area contributed by atoms with Crippen LogP contribution >= 0.6 is 0 Å². The average molecular weight is 412 g/mol. The van der Waals surface area contributed by atoms with Gasteiger partial charge in [-0.05, 0) is 29.3 Å². The van der Waals surface area contributed by atoms with Crippen molar-refractivity contribution < 1.29 is 4.74 Å². The Kier molecular flexibility index (Phi) is 6.01. The van der Waals surface area contributed by atoms with Crippen LogP contribution in [-0.2, 0) is 13.1 Å². The maximum Gasteiger partial charge on any atom is 0.128 e. The number of nitrogens with zero attached hydrogens (tertiary/aromatic N) is 2. The fraction of sp³-hybridized carbons (Fsp3) is 0.259. The molecule has 0 spiro atoms. The summed E-state index contributed by atoms with van der Waals surface area (Å²) in [4.78, 5) is 8.41. The molecule has 0 amide bonds. The number of fused-ring (bicyclic) bond motifs is 1. The third-order valence-corrected chi connectivity index (χ3v) is 6.15. The van der Waals surface area contributed by atoms with Crippen LogP contribution in [0.15, 0.2) is 91.1 Å². The van der Waals surface area contributed by atoms with E-state index in [2.05, 4.69) is 99.7 Å². The molecule has 5 rings (SSSR count). The summed E-state index contributed by atoms with van der Waals surface area (Å²) in [7, 11) is 0. The van der Waals surface area contributed by atoms with E-state index in [-0.39, 0.29) is 0 Å². The lowest BCUT2D eigenvalue weighted by Crippen LogP contribution is -2.54. The summed E-state index contributed by atoms with van der Waals surface area (Å²) < 4.78 is 6.40. The van der Waals surface area contributed by atoms with Crippen LogP contribution in [0.4, 0.5) is 0 Å². The second-order valence-corrected chi connectivity index (χ2v) is 8.34. The zero-order chi connectivity index (χ0) is 20.9. The lowest BCUT2D eigenvalue weighted by atomic mass is 10.1. The van der Waals surface area contributed by atoms with E-state index in [9.17, 15) is 0 Å². The van der Waals surface area contributed by atoms with E-state index in [1.165, 1.54) is 11.1 Å². The van der Waals surface area contributed by atoms with Crippen LogP contribution in [0.25, 0.3) is 10.9 Å². The van der Waals surface area contributed by atoms with E-state index in [0.29, 0.717) is 12.6 Å². The number of benzene rings is 3. The van der Waals surface area contributed by atoms with E-state index >= 15 is 0 Å². The Hall–Kier alpha value is -3.08. The topological polar surface area (TPSA) is 31.5 Å². The van der Waals surface area contributed by atoms with Gasteiger partial charge in [0.1, 0.15) is 12.4 Å². The number of aromatic amines is 1. The number of nitrogens with one attached hydrogen (secondary N) is 1. The second kappa shape index (κ2) is 9.38. The van der Waals surface area contributed by atoms with Crippen molar-refractivity contribution in [3.05, 3.63) is 102 Å². The van der Waals surface area contributed by atoms with Gasteiger partial charge in [0, 0.05) is 49.8 Å². The SMILES string of the molecule is c1ccc(CN2CCN(Cc3ccccc3)C(COc3cccc4[nH]ccc34)C2)cc1. The highest BCUT2D eigenvalue weighted by molar-refractivity contribution is 5.85. The Bertz CT molecular complexity index is 1090. The molecule has 0 aliphatic carbocycles. The number of hydrogen-bond acceptors (Lipinski definition) is 3. The van der Waals surface area contributed by atoms with E-state index in [1.54, 1.807) is 0 Å². The predicted molar refractivity (Wildman–Crippen MR) is 126 cm³/mol. The quantitative estimate of drug-likeness (QED) is 0.468. The Morgan fingerprint density at radius 3 is 2.29 bits per heavy atom. The normalized spacial score (nSPS) is 17.7. The van der Waals surface area contributed by atoms with Crippen molar-refractivity contribution in [1.82, 2.24) is 14.8 Å². The third kappa shape index (κ3) is 4.82. The van der Waals surface area contributed by atoms with Gasteiger partial charge in [0.25, 0.3) is 0 Å². The molecule has 1 saturated heterocycles. The lowest BCUT2D eigenvalue weighted by Gasteiger charge is -2.41. The van der Waals surface area contributed by atoms with Crippen molar-refractivity contribution in [3.8, 4) is 5.75 Å². The zero-order valence-electron chi connectivity index (χ0n) is 17.8. The minimum absolute atomic E-state index is 0.340. The van der Waals surface area contributed by atoms with Gasteiger partial charge >= 0.3 is 0 Å². The van der Waals surface area contributed by atoms with E-state index in [4.69, 9.17) is 4.74 Å². The largest absolute Gasteiger partial charge is 0.491 e. The van der Waals surface area contributed by atoms with Crippen LogP contribution in [0.5, 0.6) is 5.75 Å². The molecule has 158 valence electrons. The predicted octanol–water partition coefficient (Wildman–Crippen LogP) is 4.93. The summed E-state index contributed by atoms with van der Waals surface area (Å²) in [5.74, 6) is 0.957. The monoisotopic (exact) mass is 411 g/mol. The van der Waals surface area contributed by atoms with Crippen molar-refractivity contribution in [1.29, 1.82) is 0 Å². The summed E-state index contributed by atoms with van der Waals surface area (Å²) >= 11 is 0. The highest BCUT2D eigenvalue weighted by Crippen LogP contribution is 2.25. The van der Waals surface area contributed by atoms with E-state index in [0.717, 1.165) is 49.4 Å². The van der Waals surface area contributed by atoms with Crippen LogP contribution in [0, 0.1) is 0 Å². The number of H-pyrrole nitrogens is 1. The van der Waals surface area contributed by atoms with Gasteiger partial charge in [0.05, 0.1) is 6.04 Å². The number of ether oxygens (including phenoxy) is 1. The third-order valence-electron chi connectivity index (χ3n) is 6.15. The van der Waals surface area contributed by atoms with Crippen LogP contribution in [-0.4, -0.2) is 47.1 Å². The van der Waals surface area contributed by atoms with E-state index in [1.807, 2.05) is 6.20 Å². The highest BCUT2D eigenvalue weighted by atomic mass is 16.5. The maximum absolute atomic E-state index is 6.40. The van der Waals surface area contributed by atoms with Crippen LogP contribution in [0.2, 0.25) is 0 Å². The molecule has 4 heteroatoms. The molecular weight excluding hydrogens is 382 g/mol. The highest BCUT2D eigenvalue weighted by Gasteiger charge is 2.28. The number of aromatic nitrogens is 1. The van der Waals surface area contributed by atoms with Gasteiger partial charge in [0.2, 0.25) is 0 Å². The molecule has 31 heavy (non-hydrogen) atoms. The molecule has 0 radical (unpaired) electrons. The van der Waals surface area contributed by atoms with Gasteiger partial charge in [0.15, 0.2) is 0 Å². The summed E-state index contributed by atoms with van der Waals surface area (Å²) in [6.45, 7) is 5.76. The molecule has 0 bridgehead atoms. The Morgan fingerprint density at radius 2 is 1.52 bits per heavy atom. The molecule has 1 N–H and O–H groups in total. The molecule has 2 heterocycles. The van der Waals surface area contributed by atoms with Gasteiger partial charge < -0.3 is 9.72 Å². The molecule has 4 aromatic rings. The van der Waals surface area contributed by atoms with Crippen molar-refractivity contribution in [2.24, 2.45) is 0 Å². The van der Waals surface area contributed by atoms with Crippen molar-refractivity contribution >= 4 is 10.9 Å². The summed E-state index contributed by atoms with van der Waals surface area (Å²) in [5, 5.41) is 1.15. The standard InChI is InChI=1S/C27H29N3O/c1-3-8-22(9-4-1)18-29-16-17-30(19-23-10-5-2-6-11-23)24(20-29)21-31-27-13-7-12-26-25(27)14-15-28-26/h1-15,24,28H,16-21H2. The molecular formula is C27H29N3O. The molecule has 1 aliphatic rings. The maximum atomic E-state index is 6.40. The molecule has 1 aromatic heterocycles. The van der Waals surface area contributed by atoms with Crippen molar-refractivity contribution in [2.75, 3.05) is 26.2 Å². The minimum Gasteiger partial charge on any atom is -0.491 e.